The minimum Gasteiger partial charge on any atom is -0.467 e. The van der Waals surface area contributed by atoms with Gasteiger partial charge in [0.2, 0.25) is 11.7 Å². The number of fused-ring (bicyclic) bond motifs is 1. The number of aromatic nitrogens is 2. The predicted octanol–water partition coefficient (Wildman–Crippen LogP) is 4.88. The van der Waals surface area contributed by atoms with E-state index in [9.17, 15) is 18.0 Å². The van der Waals surface area contributed by atoms with E-state index in [2.05, 4.69) is 4.98 Å². The fourth-order valence-corrected chi connectivity index (χ4v) is 3.31. The Balaban J connectivity index is 1.67. The number of benzene rings is 2. The molecule has 4 rings (SSSR count). The Morgan fingerprint density at radius 2 is 1.70 bits per heavy atom. The van der Waals surface area contributed by atoms with Crippen molar-refractivity contribution in [3.63, 3.8) is 0 Å². The largest absolute Gasteiger partial charge is 0.467 e. The van der Waals surface area contributed by atoms with Crippen LogP contribution in [0.5, 0.6) is 0 Å². The summed E-state index contributed by atoms with van der Waals surface area (Å²) in [5, 5.41) is 0. The monoisotopic (exact) mass is 413 g/mol. The van der Waals surface area contributed by atoms with Crippen LogP contribution in [-0.4, -0.2) is 20.4 Å². The first-order chi connectivity index (χ1) is 14.4. The van der Waals surface area contributed by atoms with E-state index in [-0.39, 0.29) is 24.1 Å². The molecule has 0 unspecified atom stereocenters. The van der Waals surface area contributed by atoms with Crippen LogP contribution in [0.4, 0.5) is 13.2 Å². The molecule has 2 heterocycles. The lowest BCUT2D eigenvalue weighted by Gasteiger charge is -2.23. The van der Waals surface area contributed by atoms with Gasteiger partial charge in [-0.05, 0) is 29.8 Å². The molecule has 0 saturated heterocycles. The van der Waals surface area contributed by atoms with Crippen molar-refractivity contribution in [1.29, 1.82) is 0 Å². The van der Waals surface area contributed by atoms with E-state index in [1.54, 1.807) is 24.3 Å². The van der Waals surface area contributed by atoms with Gasteiger partial charge in [-0.25, -0.2) is 4.98 Å². The molecular weight excluding hydrogens is 395 g/mol. The standard InChI is InChI=1S/C22H18F3N3O2/c23-22(24,25)21-26-18-10-4-5-11-19(18)28(21)15-20(29)27(14-17-9-6-12-30-17)13-16-7-2-1-3-8-16/h1-12H,13-15H2. The predicted molar refractivity (Wildman–Crippen MR) is 104 cm³/mol. The highest BCUT2D eigenvalue weighted by Crippen LogP contribution is 2.31. The Labute approximate surface area is 170 Å². The van der Waals surface area contributed by atoms with Crippen molar-refractivity contribution in [2.75, 3.05) is 0 Å². The third kappa shape index (κ3) is 4.22. The zero-order valence-corrected chi connectivity index (χ0v) is 15.8. The topological polar surface area (TPSA) is 51.3 Å². The zero-order chi connectivity index (χ0) is 21.1. The second kappa shape index (κ2) is 8.06. The van der Waals surface area contributed by atoms with E-state index in [0.717, 1.165) is 10.1 Å². The number of para-hydroxylation sites is 2. The Bertz CT molecular complexity index is 1140. The van der Waals surface area contributed by atoms with Crippen LogP contribution < -0.4 is 0 Å². The first-order valence-electron chi connectivity index (χ1n) is 9.28. The molecule has 0 fully saturated rings. The van der Waals surface area contributed by atoms with Crippen LogP contribution >= 0.6 is 0 Å². The minimum absolute atomic E-state index is 0.148. The van der Waals surface area contributed by atoms with Crippen molar-refractivity contribution in [2.45, 2.75) is 25.8 Å². The van der Waals surface area contributed by atoms with Crippen LogP contribution in [0.1, 0.15) is 17.1 Å². The molecule has 0 atom stereocenters. The van der Waals surface area contributed by atoms with E-state index in [1.165, 1.54) is 23.3 Å². The summed E-state index contributed by atoms with van der Waals surface area (Å²) in [4.78, 5) is 18.3. The fraction of sp³-hybridized carbons (Fsp3) is 0.182. The summed E-state index contributed by atoms with van der Waals surface area (Å²) < 4.78 is 47.0. The molecule has 0 bridgehead atoms. The number of alkyl halides is 3. The highest BCUT2D eigenvalue weighted by molar-refractivity contribution is 5.81. The van der Waals surface area contributed by atoms with Crippen molar-refractivity contribution in [3.05, 3.63) is 90.1 Å². The van der Waals surface area contributed by atoms with Crippen molar-refractivity contribution in [3.8, 4) is 0 Å². The maximum Gasteiger partial charge on any atom is 0.449 e. The summed E-state index contributed by atoms with van der Waals surface area (Å²) in [5.41, 5.74) is 1.32. The molecule has 0 aliphatic rings. The Kier molecular flexibility index (Phi) is 5.31. The van der Waals surface area contributed by atoms with E-state index in [0.29, 0.717) is 5.76 Å². The molecule has 0 aliphatic carbocycles. The molecule has 0 spiro atoms. The third-order valence-corrected chi connectivity index (χ3v) is 4.70. The molecule has 2 aromatic carbocycles. The summed E-state index contributed by atoms with van der Waals surface area (Å²) >= 11 is 0. The van der Waals surface area contributed by atoms with Gasteiger partial charge >= 0.3 is 6.18 Å². The fourth-order valence-electron chi connectivity index (χ4n) is 3.31. The minimum atomic E-state index is -4.68. The van der Waals surface area contributed by atoms with Crippen LogP contribution in [0.15, 0.2) is 77.4 Å². The van der Waals surface area contributed by atoms with Gasteiger partial charge in [0.05, 0.1) is 23.8 Å². The van der Waals surface area contributed by atoms with Gasteiger partial charge in [0.15, 0.2) is 0 Å². The second-order valence-electron chi connectivity index (χ2n) is 6.82. The molecule has 4 aromatic rings. The lowest BCUT2D eigenvalue weighted by atomic mass is 10.2. The molecule has 154 valence electrons. The number of furan rings is 1. The highest BCUT2D eigenvalue weighted by Gasteiger charge is 2.38. The van der Waals surface area contributed by atoms with Crippen molar-refractivity contribution >= 4 is 16.9 Å². The van der Waals surface area contributed by atoms with Crippen LogP contribution in [-0.2, 0) is 30.6 Å². The van der Waals surface area contributed by atoms with Gasteiger partial charge < -0.3 is 13.9 Å². The van der Waals surface area contributed by atoms with Crippen molar-refractivity contribution < 1.29 is 22.4 Å². The van der Waals surface area contributed by atoms with Crippen LogP contribution in [0.3, 0.4) is 0 Å². The van der Waals surface area contributed by atoms with Crippen molar-refractivity contribution in [1.82, 2.24) is 14.5 Å². The second-order valence-corrected chi connectivity index (χ2v) is 6.82. The van der Waals surface area contributed by atoms with E-state index in [4.69, 9.17) is 4.42 Å². The number of carbonyl (C=O) groups is 1. The average Bonchev–Trinajstić information content (AvgIpc) is 3.36. The zero-order valence-electron chi connectivity index (χ0n) is 15.8. The molecule has 0 aliphatic heterocycles. The molecule has 0 saturated carbocycles. The van der Waals surface area contributed by atoms with Crippen molar-refractivity contribution in [2.24, 2.45) is 0 Å². The lowest BCUT2D eigenvalue weighted by molar-refractivity contribution is -0.148. The third-order valence-electron chi connectivity index (χ3n) is 4.70. The van der Waals surface area contributed by atoms with Gasteiger partial charge in [-0.2, -0.15) is 13.2 Å². The van der Waals surface area contributed by atoms with E-state index < -0.39 is 24.5 Å². The van der Waals surface area contributed by atoms with Gasteiger partial charge in [-0.15, -0.1) is 0 Å². The molecular formula is C22H18F3N3O2. The quantitative estimate of drug-likeness (QED) is 0.453. The van der Waals surface area contributed by atoms with Gasteiger partial charge in [0.25, 0.3) is 0 Å². The Morgan fingerprint density at radius 3 is 2.40 bits per heavy atom. The molecule has 1 amide bonds. The molecule has 0 N–H and O–H groups in total. The first-order valence-corrected chi connectivity index (χ1v) is 9.28. The molecule has 8 heteroatoms. The number of hydrogen-bond acceptors (Lipinski definition) is 3. The van der Waals surface area contributed by atoms with Crippen LogP contribution in [0.2, 0.25) is 0 Å². The number of rotatable bonds is 6. The van der Waals surface area contributed by atoms with Crippen LogP contribution in [0, 0.1) is 0 Å². The number of carbonyl (C=O) groups excluding carboxylic acids is 1. The van der Waals surface area contributed by atoms with E-state index >= 15 is 0 Å². The smallest absolute Gasteiger partial charge is 0.449 e. The van der Waals surface area contributed by atoms with E-state index in [1.807, 2.05) is 30.3 Å². The lowest BCUT2D eigenvalue weighted by Crippen LogP contribution is -2.34. The van der Waals surface area contributed by atoms with Crippen LogP contribution in [0.25, 0.3) is 11.0 Å². The maximum absolute atomic E-state index is 13.6. The molecule has 0 radical (unpaired) electrons. The highest BCUT2D eigenvalue weighted by atomic mass is 19.4. The molecule has 5 nitrogen and oxygen atoms in total. The average molecular weight is 413 g/mol. The number of halogens is 3. The van der Waals surface area contributed by atoms with Gasteiger partial charge in [0.1, 0.15) is 12.3 Å². The summed E-state index contributed by atoms with van der Waals surface area (Å²) in [6.45, 7) is -0.0913. The van der Waals surface area contributed by atoms with Gasteiger partial charge in [-0.3, -0.25) is 4.79 Å². The number of amides is 1. The maximum atomic E-state index is 13.6. The van der Waals surface area contributed by atoms with Gasteiger partial charge in [-0.1, -0.05) is 42.5 Å². The summed E-state index contributed by atoms with van der Waals surface area (Å²) in [7, 11) is 0. The summed E-state index contributed by atoms with van der Waals surface area (Å²) in [5.74, 6) is -1.01. The molecule has 30 heavy (non-hydrogen) atoms. The molecule has 2 aromatic heterocycles. The van der Waals surface area contributed by atoms with Gasteiger partial charge in [0, 0.05) is 6.54 Å². The number of imidazole rings is 1. The Morgan fingerprint density at radius 1 is 0.967 bits per heavy atom. The number of hydrogen-bond donors (Lipinski definition) is 0. The normalized spacial score (nSPS) is 11.7. The SMILES string of the molecule is O=C(Cn1c(C(F)(F)F)nc2ccccc21)N(Cc1ccccc1)Cc1ccco1. The summed E-state index contributed by atoms with van der Waals surface area (Å²) in [6.07, 6.45) is -3.18. The number of nitrogens with zero attached hydrogens (tertiary/aromatic N) is 3. The first kappa shape index (κ1) is 19.8. The Hall–Kier alpha value is -3.55. The summed E-state index contributed by atoms with van der Waals surface area (Å²) in [6, 6.07) is 18.9.